The molecule has 0 aromatic heterocycles. The number of anilines is 2. The standard InChI is InChI=1S/C14H7F5N2/c15-9-4-10(16)6-12(5-9)21-11-1-2-13(14(17,18)19)8(3-11)7-20/h1-6,21H. The summed E-state index contributed by atoms with van der Waals surface area (Å²) in [5, 5.41) is 11.3. The van der Waals surface area contributed by atoms with Gasteiger partial charge in [-0.2, -0.15) is 18.4 Å². The van der Waals surface area contributed by atoms with Crippen LogP contribution in [0.4, 0.5) is 33.3 Å². The summed E-state index contributed by atoms with van der Waals surface area (Å²) < 4.78 is 63.9. The molecule has 1 N–H and O–H groups in total. The first kappa shape index (κ1) is 14.8. The van der Waals surface area contributed by atoms with Crippen LogP contribution in [0.25, 0.3) is 0 Å². The molecule has 0 heterocycles. The first-order valence-electron chi connectivity index (χ1n) is 5.64. The number of hydrogen-bond donors (Lipinski definition) is 1. The molecule has 0 saturated carbocycles. The van der Waals surface area contributed by atoms with Gasteiger partial charge in [0.2, 0.25) is 0 Å². The van der Waals surface area contributed by atoms with Crippen LogP contribution in [0.3, 0.4) is 0 Å². The van der Waals surface area contributed by atoms with E-state index in [4.69, 9.17) is 5.26 Å². The van der Waals surface area contributed by atoms with E-state index in [9.17, 15) is 22.0 Å². The number of nitrogens with zero attached hydrogens (tertiary/aromatic N) is 1. The molecule has 2 rings (SSSR count). The summed E-state index contributed by atoms with van der Waals surface area (Å²) in [7, 11) is 0. The number of hydrogen-bond acceptors (Lipinski definition) is 2. The third-order valence-electron chi connectivity index (χ3n) is 2.60. The van der Waals surface area contributed by atoms with Crippen molar-refractivity contribution in [2.75, 3.05) is 5.32 Å². The molecule has 0 fully saturated rings. The average Bonchev–Trinajstić information content (AvgIpc) is 2.36. The third-order valence-corrected chi connectivity index (χ3v) is 2.60. The lowest BCUT2D eigenvalue weighted by molar-refractivity contribution is -0.137. The van der Waals surface area contributed by atoms with Crippen LogP contribution < -0.4 is 5.32 Å². The zero-order valence-corrected chi connectivity index (χ0v) is 10.3. The highest BCUT2D eigenvalue weighted by molar-refractivity contribution is 5.63. The highest BCUT2D eigenvalue weighted by Crippen LogP contribution is 2.33. The summed E-state index contributed by atoms with van der Waals surface area (Å²) in [6.45, 7) is 0. The number of nitriles is 1. The predicted octanol–water partition coefficient (Wildman–Crippen LogP) is 4.60. The Morgan fingerprint density at radius 3 is 2.05 bits per heavy atom. The van der Waals surface area contributed by atoms with Crippen molar-refractivity contribution in [1.82, 2.24) is 0 Å². The molecule has 2 aromatic rings. The Bertz CT molecular complexity index is 696. The molecular formula is C14H7F5N2. The van der Waals surface area contributed by atoms with Gasteiger partial charge in [0.25, 0.3) is 0 Å². The molecule has 0 aliphatic carbocycles. The normalized spacial score (nSPS) is 11.0. The van der Waals surface area contributed by atoms with Crippen molar-refractivity contribution in [2.24, 2.45) is 0 Å². The number of benzene rings is 2. The summed E-state index contributed by atoms with van der Waals surface area (Å²) in [6.07, 6.45) is -4.64. The van der Waals surface area contributed by atoms with E-state index in [2.05, 4.69) is 5.32 Å². The summed E-state index contributed by atoms with van der Waals surface area (Å²) in [5.41, 5.74) is -1.51. The van der Waals surface area contributed by atoms with Crippen LogP contribution in [-0.4, -0.2) is 0 Å². The van der Waals surface area contributed by atoms with Gasteiger partial charge in [-0.05, 0) is 30.3 Å². The van der Waals surface area contributed by atoms with Crippen LogP contribution in [0.5, 0.6) is 0 Å². The topological polar surface area (TPSA) is 35.8 Å². The molecule has 0 spiro atoms. The predicted molar refractivity (Wildman–Crippen MR) is 65.8 cm³/mol. The highest BCUT2D eigenvalue weighted by Gasteiger charge is 2.33. The Morgan fingerprint density at radius 1 is 0.905 bits per heavy atom. The number of alkyl halides is 3. The molecule has 0 atom stereocenters. The zero-order valence-electron chi connectivity index (χ0n) is 10.3. The van der Waals surface area contributed by atoms with E-state index < -0.39 is 28.9 Å². The maximum Gasteiger partial charge on any atom is 0.417 e. The van der Waals surface area contributed by atoms with E-state index in [1.165, 1.54) is 6.07 Å². The van der Waals surface area contributed by atoms with Crippen LogP contribution in [-0.2, 0) is 6.18 Å². The van der Waals surface area contributed by atoms with Gasteiger partial charge >= 0.3 is 6.18 Å². The Balaban J connectivity index is 2.36. The third kappa shape index (κ3) is 3.48. The largest absolute Gasteiger partial charge is 0.417 e. The van der Waals surface area contributed by atoms with Crippen LogP contribution in [0.1, 0.15) is 11.1 Å². The minimum absolute atomic E-state index is 0.0242. The molecular weight excluding hydrogens is 291 g/mol. The fourth-order valence-corrected chi connectivity index (χ4v) is 1.75. The molecule has 2 nitrogen and oxygen atoms in total. The second-order valence-electron chi connectivity index (χ2n) is 4.15. The van der Waals surface area contributed by atoms with Gasteiger partial charge in [-0.3, -0.25) is 0 Å². The second-order valence-corrected chi connectivity index (χ2v) is 4.15. The van der Waals surface area contributed by atoms with Gasteiger partial charge in [-0.25, -0.2) is 8.78 Å². The van der Waals surface area contributed by atoms with Gasteiger partial charge in [0, 0.05) is 17.4 Å². The van der Waals surface area contributed by atoms with E-state index >= 15 is 0 Å². The van der Waals surface area contributed by atoms with Gasteiger partial charge in [-0.15, -0.1) is 0 Å². The van der Waals surface area contributed by atoms with Crippen molar-refractivity contribution < 1.29 is 22.0 Å². The van der Waals surface area contributed by atoms with Gasteiger partial charge in [0.1, 0.15) is 11.6 Å². The summed E-state index contributed by atoms with van der Waals surface area (Å²) >= 11 is 0. The summed E-state index contributed by atoms with van der Waals surface area (Å²) in [4.78, 5) is 0. The van der Waals surface area contributed by atoms with E-state index in [1.54, 1.807) is 0 Å². The van der Waals surface area contributed by atoms with Gasteiger partial charge in [0.05, 0.1) is 17.2 Å². The van der Waals surface area contributed by atoms with Crippen molar-refractivity contribution in [2.45, 2.75) is 6.18 Å². The lowest BCUT2D eigenvalue weighted by Gasteiger charge is -2.11. The van der Waals surface area contributed by atoms with E-state index in [-0.39, 0.29) is 11.4 Å². The molecule has 0 saturated heterocycles. The molecule has 0 aliphatic heterocycles. The first-order valence-corrected chi connectivity index (χ1v) is 5.64. The summed E-state index contributed by atoms with van der Waals surface area (Å²) in [5.74, 6) is -1.66. The van der Waals surface area contributed by atoms with Gasteiger partial charge in [-0.1, -0.05) is 0 Å². The molecule has 0 bridgehead atoms. The molecule has 21 heavy (non-hydrogen) atoms. The quantitative estimate of drug-likeness (QED) is 0.822. The number of halogens is 5. The minimum atomic E-state index is -4.64. The first-order chi connectivity index (χ1) is 9.79. The average molecular weight is 298 g/mol. The smallest absolute Gasteiger partial charge is 0.355 e. The SMILES string of the molecule is N#Cc1cc(Nc2cc(F)cc(F)c2)ccc1C(F)(F)F. The van der Waals surface area contributed by atoms with Crippen LogP contribution in [0.2, 0.25) is 0 Å². The maximum atomic E-state index is 13.0. The second kappa shape index (κ2) is 5.40. The van der Waals surface area contributed by atoms with Crippen LogP contribution >= 0.6 is 0 Å². The highest BCUT2D eigenvalue weighted by atomic mass is 19.4. The van der Waals surface area contributed by atoms with Crippen molar-refractivity contribution in [3.8, 4) is 6.07 Å². The molecule has 2 aromatic carbocycles. The minimum Gasteiger partial charge on any atom is -0.355 e. The van der Waals surface area contributed by atoms with E-state index in [0.717, 1.165) is 30.3 Å². The van der Waals surface area contributed by atoms with E-state index in [1.807, 2.05) is 0 Å². The molecule has 108 valence electrons. The summed E-state index contributed by atoms with van der Waals surface area (Å²) in [6, 6.07) is 6.84. The molecule has 0 radical (unpaired) electrons. The van der Waals surface area contributed by atoms with E-state index in [0.29, 0.717) is 6.07 Å². The monoisotopic (exact) mass is 298 g/mol. The fraction of sp³-hybridized carbons (Fsp3) is 0.0714. The fourth-order valence-electron chi connectivity index (χ4n) is 1.75. The number of rotatable bonds is 2. The van der Waals surface area contributed by atoms with Crippen molar-refractivity contribution in [1.29, 1.82) is 5.26 Å². The molecule has 7 heteroatoms. The van der Waals surface area contributed by atoms with Gasteiger partial charge in [0.15, 0.2) is 0 Å². The molecule has 0 amide bonds. The van der Waals surface area contributed by atoms with Crippen molar-refractivity contribution in [3.05, 3.63) is 59.2 Å². The van der Waals surface area contributed by atoms with Crippen LogP contribution in [0, 0.1) is 23.0 Å². The lowest BCUT2D eigenvalue weighted by Crippen LogP contribution is -2.08. The lowest BCUT2D eigenvalue weighted by atomic mass is 10.1. The van der Waals surface area contributed by atoms with Gasteiger partial charge < -0.3 is 5.32 Å². The Labute approximate surface area is 116 Å². The Hall–Kier alpha value is -2.62. The number of nitrogens with one attached hydrogen (secondary N) is 1. The zero-order chi connectivity index (χ0) is 15.6. The maximum absolute atomic E-state index is 13.0. The van der Waals surface area contributed by atoms with Crippen molar-refractivity contribution >= 4 is 11.4 Å². The van der Waals surface area contributed by atoms with Crippen LogP contribution in [0.15, 0.2) is 36.4 Å². The van der Waals surface area contributed by atoms with Crippen molar-refractivity contribution in [3.63, 3.8) is 0 Å². The Morgan fingerprint density at radius 2 is 1.52 bits per heavy atom. The molecule has 0 unspecified atom stereocenters. The Kier molecular flexibility index (Phi) is 3.80. The molecule has 0 aliphatic rings.